The first kappa shape index (κ1) is 9.78. The number of aromatic nitrogens is 2. The number of hydrogen-bond donors (Lipinski definition) is 0. The van der Waals surface area contributed by atoms with Crippen molar-refractivity contribution >= 4 is 21.7 Å². The molecule has 0 radical (unpaired) electrons. The predicted octanol–water partition coefficient (Wildman–Crippen LogP) is 2.76. The van der Waals surface area contributed by atoms with Gasteiger partial charge in [0.1, 0.15) is 5.69 Å². The second-order valence-electron chi connectivity index (χ2n) is 3.85. The van der Waals surface area contributed by atoms with Crippen LogP contribution in [-0.2, 0) is 6.42 Å². The third kappa shape index (κ3) is 1.50. The van der Waals surface area contributed by atoms with Crippen molar-refractivity contribution in [2.24, 2.45) is 0 Å². The predicted molar refractivity (Wildman–Crippen MR) is 63.9 cm³/mol. The van der Waals surface area contributed by atoms with E-state index in [0.717, 1.165) is 22.1 Å². The smallest absolute Gasteiger partial charge is 0.183 e. The maximum atomic E-state index is 11.5. The fraction of sp³-hybridized carbons (Fsp3) is 0.167. The van der Waals surface area contributed by atoms with Gasteiger partial charge in [-0.25, -0.2) is 4.68 Å². The third-order valence-electron chi connectivity index (χ3n) is 2.77. The van der Waals surface area contributed by atoms with Crippen molar-refractivity contribution in [2.75, 3.05) is 0 Å². The third-order valence-corrected chi connectivity index (χ3v) is 3.30. The van der Waals surface area contributed by atoms with Crippen molar-refractivity contribution in [3.8, 4) is 5.69 Å². The van der Waals surface area contributed by atoms with Crippen molar-refractivity contribution in [3.63, 3.8) is 0 Å². The van der Waals surface area contributed by atoms with Crippen LogP contribution in [0.5, 0.6) is 0 Å². The maximum absolute atomic E-state index is 11.5. The first-order valence-corrected chi connectivity index (χ1v) is 5.91. The average Bonchev–Trinajstić information content (AvgIpc) is 2.83. The van der Waals surface area contributed by atoms with Crippen molar-refractivity contribution < 1.29 is 4.79 Å². The molecule has 1 aliphatic rings. The lowest BCUT2D eigenvalue weighted by atomic mass is 10.3. The Kier molecular flexibility index (Phi) is 2.17. The number of fused-ring (bicyclic) bond motifs is 1. The highest BCUT2D eigenvalue weighted by Gasteiger charge is 2.23. The van der Waals surface area contributed by atoms with E-state index in [9.17, 15) is 4.79 Å². The molecule has 0 amide bonds. The summed E-state index contributed by atoms with van der Waals surface area (Å²) in [5.41, 5.74) is 2.68. The molecule has 0 spiro atoms. The van der Waals surface area contributed by atoms with Gasteiger partial charge in [0.2, 0.25) is 0 Å². The van der Waals surface area contributed by atoms with Gasteiger partial charge in [-0.1, -0.05) is 15.9 Å². The zero-order valence-electron chi connectivity index (χ0n) is 8.48. The number of rotatable bonds is 1. The molecule has 0 aliphatic heterocycles. The summed E-state index contributed by atoms with van der Waals surface area (Å²) in [5, 5.41) is 4.32. The Morgan fingerprint density at radius 3 is 2.62 bits per heavy atom. The Balaban J connectivity index is 2.05. The molecule has 0 saturated carbocycles. The van der Waals surface area contributed by atoms with Gasteiger partial charge in [0.15, 0.2) is 5.78 Å². The number of Topliss-reactive ketones (excluding diaryl/α,β-unsaturated/α-hetero) is 1. The van der Waals surface area contributed by atoms with Crippen LogP contribution in [0, 0.1) is 0 Å². The molecular weight excluding hydrogens is 268 g/mol. The van der Waals surface area contributed by atoms with Gasteiger partial charge < -0.3 is 0 Å². The highest BCUT2D eigenvalue weighted by Crippen LogP contribution is 2.22. The fourth-order valence-electron chi connectivity index (χ4n) is 1.92. The summed E-state index contributed by atoms with van der Waals surface area (Å²) in [7, 11) is 0. The molecule has 2 aromatic rings. The number of hydrogen-bond acceptors (Lipinski definition) is 2. The van der Waals surface area contributed by atoms with Gasteiger partial charge in [0.05, 0.1) is 5.69 Å². The molecular formula is C12H9BrN2O. The van der Waals surface area contributed by atoms with Crippen molar-refractivity contribution in [2.45, 2.75) is 12.8 Å². The summed E-state index contributed by atoms with van der Waals surface area (Å²) < 4.78 is 2.81. The van der Waals surface area contributed by atoms with Crippen LogP contribution < -0.4 is 0 Å². The van der Waals surface area contributed by atoms with Gasteiger partial charge in [-0.05, 0) is 30.7 Å². The standard InChI is InChI=1S/C12H9BrN2O/c13-9-2-4-10(5-3-9)15-7-8-1-6-11(16)12(8)14-15/h2-5,7H,1,6H2. The number of aryl methyl sites for hydroxylation is 1. The molecule has 0 bridgehead atoms. The Labute approximate surface area is 101 Å². The van der Waals surface area contributed by atoms with E-state index < -0.39 is 0 Å². The van der Waals surface area contributed by atoms with Gasteiger partial charge in [-0.2, -0.15) is 5.10 Å². The SMILES string of the molecule is O=C1CCc2cn(-c3ccc(Br)cc3)nc21. The van der Waals surface area contributed by atoms with Crippen molar-refractivity contribution in [1.29, 1.82) is 0 Å². The minimum absolute atomic E-state index is 0.158. The minimum atomic E-state index is 0.158. The summed E-state index contributed by atoms with van der Waals surface area (Å²) in [6.45, 7) is 0. The number of ketones is 1. The minimum Gasteiger partial charge on any atom is -0.292 e. The Morgan fingerprint density at radius 2 is 1.94 bits per heavy atom. The first-order valence-electron chi connectivity index (χ1n) is 5.12. The van der Waals surface area contributed by atoms with E-state index in [4.69, 9.17) is 0 Å². The van der Waals surface area contributed by atoms with Crippen LogP contribution in [0.1, 0.15) is 22.5 Å². The normalized spacial score (nSPS) is 14.2. The molecule has 0 saturated heterocycles. The highest BCUT2D eigenvalue weighted by molar-refractivity contribution is 9.10. The average molecular weight is 277 g/mol. The van der Waals surface area contributed by atoms with Crippen LogP contribution in [0.15, 0.2) is 34.9 Å². The molecule has 80 valence electrons. The van der Waals surface area contributed by atoms with E-state index in [2.05, 4.69) is 21.0 Å². The number of carbonyl (C=O) groups excluding carboxylic acids is 1. The van der Waals surface area contributed by atoms with Gasteiger partial charge in [-0.3, -0.25) is 4.79 Å². The second-order valence-corrected chi connectivity index (χ2v) is 4.76. The topological polar surface area (TPSA) is 34.9 Å². The van der Waals surface area contributed by atoms with Crippen LogP contribution in [0.25, 0.3) is 5.69 Å². The Hall–Kier alpha value is -1.42. The molecule has 4 heteroatoms. The molecule has 1 aliphatic carbocycles. The molecule has 0 unspecified atom stereocenters. The summed E-state index contributed by atoms with van der Waals surface area (Å²) in [4.78, 5) is 11.5. The molecule has 0 atom stereocenters. The van der Waals surface area contributed by atoms with Crippen LogP contribution in [0.3, 0.4) is 0 Å². The molecule has 0 N–H and O–H groups in total. The van der Waals surface area contributed by atoms with Gasteiger partial charge in [-0.15, -0.1) is 0 Å². The summed E-state index contributed by atoms with van der Waals surface area (Å²) in [6, 6.07) is 7.86. The lowest BCUT2D eigenvalue weighted by molar-refractivity contribution is 0.0989. The molecule has 1 aromatic heterocycles. The van der Waals surface area contributed by atoms with Crippen LogP contribution in [0.4, 0.5) is 0 Å². The number of carbonyl (C=O) groups is 1. The zero-order valence-corrected chi connectivity index (χ0v) is 10.1. The fourth-order valence-corrected chi connectivity index (χ4v) is 2.18. The molecule has 16 heavy (non-hydrogen) atoms. The summed E-state index contributed by atoms with van der Waals surface area (Å²) in [5.74, 6) is 0.158. The van der Waals surface area contributed by atoms with E-state index in [1.807, 2.05) is 30.5 Å². The first-order chi connectivity index (χ1) is 7.74. The Bertz CT molecular complexity index is 557. The van der Waals surface area contributed by atoms with Gasteiger partial charge in [0.25, 0.3) is 0 Å². The molecule has 3 rings (SSSR count). The van der Waals surface area contributed by atoms with Crippen LogP contribution in [-0.4, -0.2) is 15.6 Å². The monoisotopic (exact) mass is 276 g/mol. The van der Waals surface area contributed by atoms with E-state index >= 15 is 0 Å². The largest absolute Gasteiger partial charge is 0.292 e. The van der Waals surface area contributed by atoms with E-state index in [0.29, 0.717) is 12.1 Å². The van der Waals surface area contributed by atoms with Gasteiger partial charge in [0, 0.05) is 22.7 Å². The number of benzene rings is 1. The Morgan fingerprint density at radius 1 is 1.19 bits per heavy atom. The lowest BCUT2D eigenvalue weighted by Crippen LogP contribution is -1.99. The van der Waals surface area contributed by atoms with Crippen molar-refractivity contribution in [3.05, 3.63) is 46.2 Å². The van der Waals surface area contributed by atoms with Crippen LogP contribution >= 0.6 is 15.9 Å². The second kappa shape index (κ2) is 3.56. The molecule has 0 fully saturated rings. The molecule has 3 nitrogen and oxygen atoms in total. The maximum Gasteiger partial charge on any atom is 0.183 e. The van der Waals surface area contributed by atoms with Gasteiger partial charge >= 0.3 is 0 Å². The van der Waals surface area contributed by atoms with E-state index in [1.165, 1.54) is 0 Å². The molecule has 1 aromatic carbocycles. The number of halogens is 1. The summed E-state index contributed by atoms with van der Waals surface area (Å²) >= 11 is 3.39. The van der Waals surface area contributed by atoms with Crippen molar-refractivity contribution in [1.82, 2.24) is 9.78 Å². The molecule has 1 heterocycles. The number of nitrogens with zero attached hydrogens (tertiary/aromatic N) is 2. The quantitative estimate of drug-likeness (QED) is 0.803. The van der Waals surface area contributed by atoms with E-state index in [-0.39, 0.29) is 5.78 Å². The zero-order chi connectivity index (χ0) is 11.1. The highest BCUT2D eigenvalue weighted by atomic mass is 79.9. The van der Waals surface area contributed by atoms with Crippen LogP contribution in [0.2, 0.25) is 0 Å². The lowest BCUT2D eigenvalue weighted by Gasteiger charge is -2.01. The summed E-state index contributed by atoms with van der Waals surface area (Å²) in [6.07, 6.45) is 3.38. The van der Waals surface area contributed by atoms with E-state index in [1.54, 1.807) is 4.68 Å².